The normalized spacial score (nSPS) is 16.5. The van der Waals surface area contributed by atoms with Gasteiger partial charge in [-0.15, -0.1) is 0 Å². The monoisotopic (exact) mass is 446 g/mol. The van der Waals surface area contributed by atoms with Crippen molar-refractivity contribution in [1.29, 1.82) is 0 Å². The van der Waals surface area contributed by atoms with Crippen LogP contribution < -0.4 is 5.32 Å². The molecular formula is C17H24Br2N2O2. The summed E-state index contributed by atoms with van der Waals surface area (Å²) >= 11 is 7.01. The molecule has 0 atom stereocenters. The molecule has 1 fully saturated rings. The Morgan fingerprint density at radius 1 is 1.26 bits per heavy atom. The largest absolute Gasteiger partial charge is 0.444 e. The number of nitrogens with zero attached hydrogens (tertiary/aromatic N) is 1. The summed E-state index contributed by atoms with van der Waals surface area (Å²) in [6.45, 7) is 8.02. The van der Waals surface area contributed by atoms with Gasteiger partial charge in [0.1, 0.15) is 5.60 Å². The standard InChI is InChI=1S/C17H24Br2N2O2/c1-17(2,3)23-16(22)21-8-6-13(7-9-21)20-11-12-4-5-14(18)15(19)10-12/h4-5,10,13,20H,6-9,11H2,1-3H3. The topological polar surface area (TPSA) is 41.6 Å². The van der Waals surface area contributed by atoms with Gasteiger partial charge in [-0.3, -0.25) is 0 Å². The summed E-state index contributed by atoms with van der Waals surface area (Å²) in [5.41, 5.74) is 0.816. The molecule has 1 saturated heterocycles. The number of likely N-dealkylation sites (tertiary alicyclic amines) is 1. The summed E-state index contributed by atoms with van der Waals surface area (Å²) < 4.78 is 7.55. The number of carbonyl (C=O) groups excluding carboxylic acids is 1. The first-order chi connectivity index (χ1) is 10.7. The van der Waals surface area contributed by atoms with Gasteiger partial charge in [-0.25, -0.2) is 4.79 Å². The Bertz CT molecular complexity index is 550. The zero-order valence-corrected chi connectivity index (χ0v) is 17.0. The molecule has 0 bridgehead atoms. The van der Waals surface area contributed by atoms with E-state index in [-0.39, 0.29) is 6.09 Å². The zero-order chi connectivity index (χ0) is 17.0. The third-order valence-corrected chi connectivity index (χ3v) is 5.61. The van der Waals surface area contributed by atoms with E-state index in [4.69, 9.17) is 4.74 Å². The lowest BCUT2D eigenvalue weighted by atomic mass is 10.0. The van der Waals surface area contributed by atoms with Crippen LogP contribution in [0.15, 0.2) is 27.1 Å². The van der Waals surface area contributed by atoms with Crippen molar-refractivity contribution in [2.24, 2.45) is 0 Å². The SMILES string of the molecule is CC(C)(C)OC(=O)N1CCC(NCc2ccc(Br)c(Br)c2)CC1. The minimum atomic E-state index is -0.429. The van der Waals surface area contributed by atoms with Gasteiger partial charge in [-0.2, -0.15) is 0 Å². The van der Waals surface area contributed by atoms with Crippen LogP contribution in [0.3, 0.4) is 0 Å². The van der Waals surface area contributed by atoms with Gasteiger partial charge < -0.3 is 15.0 Å². The number of hydrogen-bond acceptors (Lipinski definition) is 3. The van der Waals surface area contributed by atoms with Gasteiger partial charge in [0.15, 0.2) is 0 Å². The highest BCUT2D eigenvalue weighted by Gasteiger charge is 2.26. The van der Waals surface area contributed by atoms with E-state index < -0.39 is 5.60 Å². The highest BCUT2D eigenvalue weighted by atomic mass is 79.9. The molecule has 0 aliphatic carbocycles. The van der Waals surface area contributed by atoms with Crippen LogP contribution in [0.2, 0.25) is 0 Å². The molecule has 0 spiro atoms. The van der Waals surface area contributed by atoms with E-state index in [0.29, 0.717) is 6.04 Å². The molecule has 1 aromatic rings. The van der Waals surface area contributed by atoms with E-state index in [0.717, 1.165) is 41.4 Å². The number of halogens is 2. The lowest BCUT2D eigenvalue weighted by Crippen LogP contribution is -2.46. The van der Waals surface area contributed by atoms with Crippen LogP contribution in [0.25, 0.3) is 0 Å². The third kappa shape index (κ3) is 6.08. The average molecular weight is 448 g/mol. The molecule has 4 nitrogen and oxygen atoms in total. The Morgan fingerprint density at radius 2 is 1.91 bits per heavy atom. The fourth-order valence-corrected chi connectivity index (χ4v) is 3.18. The summed E-state index contributed by atoms with van der Waals surface area (Å²) in [6.07, 6.45) is 1.71. The summed E-state index contributed by atoms with van der Waals surface area (Å²) in [4.78, 5) is 13.8. The lowest BCUT2D eigenvalue weighted by Gasteiger charge is -2.33. The third-order valence-electron chi connectivity index (χ3n) is 3.73. The van der Waals surface area contributed by atoms with Crippen LogP contribution in [0.5, 0.6) is 0 Å². The van der Waals surface area contributed by atoms with E-state index in [1.807, 2.05) is 26.8 Å². The molecule has 1 aliphatic rings. The molecule has 0 aromatic heterocycles. The summed E-state index contributed by atoms with van der Waals surface area (Å²) in [7, 11) is 0. The second-order valence-electron chi connectivity index (χ2n) is 6.87. The Kier molecular flexibility index (Phi) is 6.51. The molecule has 23 heavy (non-hydrogen) atoms. The summed E-state index contributed by atoms with van der Waals surface area (Å²) in [5.74, 6) is 0. The van der Waals surface area contributed by atoms with Gasteiger partial charge in [0, 0.05) is 34.6 Å². The predicted molar refractivity (Wildman–Crippen MR) is 99.5 cm³/mol. The van der Waals surface area contributed by atoms with Crippen LogP contribution in [0, 0.1) is 0 Å². The van der Waals surface area contributed by atoms with Gasteiger partial charge in [-0.1, -0.05) is 6.07 Å². The Balaban J connectivity index is 1.76. The van der Waals surface area contributed by atoms with Crippen molar-refractivity contribution in [2.45, 2.75) is 51.8 Å². The molecule has 0 saturated carbocycles. The Hall–Kier alpha value is -0.590. The number of nitrogens with one attached hydrogen (secondary N) is 1. The number of rotatable bonds is 3. The zero-order valence-electron chi connectivity index (χ0n) is 13.9. The van der Waals surface area contributed by atoms with E-state index in [2.05, 4.69) is 49.3 Å². The van der Waals surface area contributed by atoms with Crippen molar-refractivity contribution in [2.75, 3.05) is 13.1 Å². The molecule has 0 unspecified atom stereocenters. The van der Waals surface area contributed by atoms with E-state index >= 15 is 0 Å². The highest BCUT2D eigenvalue weighted by Crippen LogP contribution is 2.24. The highest BCUT2D eigenvalue weighted by molar-refractivity contribution is 9.13. The number of carbonyl (C=O) groups is 1. The fraction of sp³-hybridized carbons (Fsp3) is 0.588. The number of benzene rings is 1. The molecule has 1 aromatic carbocycles. The summed E-state index contributed by atoms with van der Waals surface area (Å²) in [6, 6.07) is 6.72. The second-order valence-corrected chi connectivity index (χ2v) is 8.58. The first-order valence-electron chi connectivity index (χ1n) is 7.90. The maximum atomic E-state index is 12.0. The van der Waals surface area contributed by atoms with Crippen molar-refractivity contribution < 1.29 is 9.53 Å². The molecule has 1 amide bonds. The van der Waals surface area contributed by atoms with Gasteiger partial charge in [0.25, 0.3) is 0 Å². The molecule has 1 aliphatic heterocycles. The maximum Gasteiger partial charge on any atom is 0.410 e. The van der Waals surface area contributed by atoms with E-state index in [9.17, 15) is 4.79 Å². The number of ether oxygens (including phenoxy) is 1. The Morgan fingerprint density at radius 3 is 2.48 bits per heavy atom. The lowest BCUT2D eigenvalue weighted by molar-refractivity contribution is 0.0198. The summed E-state index contributed by atoms with van der Waals surface area (Å²) in [5, 5.41) is 3.58. The quantitative estimate of drug-likeness (QED) is 0.729. The predicted octanol–water partition coefficient (Wildman–Crippen LogP) is 4.70. The minimum Gasteiger partial charge on any atom is -0.444 e. The number of amides is 1. The number of piperidine rings is 1. The maximum absolute atomic E-state index is 12.0. The minimum absolute atomic E-state index is 0.201. The van der Waals surface area contributed by atoms with Crippen LogP contribution in [0.1, 0.15) is 39.2 Å². The van der Waals surface area contributed by atoms with Crippen LogP contribution in [-0.4, -0.2) is 35.7 Å². The molecule has 6 heteroatoms. The number of hydrogen-bond donors (Lipinski definition) is 1. The molecule has 1 N–H and O–H groups in total. The van der Waals surface area contributed by atoms with Gasteiger partial charge in [0.05, 0.1) is 0 Å². The van der Waals surface area contributed by atoms with Crippen molar-refractivity contribution >= 4 is 38.0 Å². The first-order valence-corrected chi connectivity index (χ1v) is 9.48. The van der Waals surface area contributed by atoms with Crippen LogP contribution in [0.4, 0.5) is 4.79 Å². The van der Waals surface area contributed by atoms with Gasteiger partial charge in [0.2, 0.25) is 0 Å². The second kappa shape index (κ2) is 7.99. The van der Waals surface area contributed by atoms with Crippen molar-refractivity contribution in [3.05, 3.63) is 32.7 Å². The molecule has 0 radical (unpaired) electrons. The molecule has 1 heterocycles. The van der Waals surface area contributed by atoms with Crippen LogP contribution in [-0.2, 0) is 11.3 Å². The molecule has 128 valence electrons. The molecular weight excluding hydrogens is 424 g/mol. The van der Waals surface area contributed by atoms with Crippen molar-refractivity contribution in [3.8, 4) is 0 Å². The van der Waals surface area contributed by atoms with E-state index in [1.165, 1.54) is 5.56 Å². The Labute approximate surface area is 155 Å². The van der Waals surface area contributed by atoms with Crippen molar-refractivity contribution in [3.63, 3.8) is 0 Å². The first kappa shape index (κ1) is 18.7. The smallest absolute Gasteiger partial charge is 0.410 e. The van der Waals surface area contributed by atoms with Crippen LogP contribution >= 0.6 is 31.9 Å². The van der Waals surface area contributed by atoms with Gasteiger partial charge >= 0.3 is 6.09 Å². The fourth-order valence-electron chi connectivity index (χ4n) is 2.50. The molecule has 2 rings (SSSR count). The van der Waals surface area contributed by atoms with Gasteiger partial charge in [-0.05, 0) is 83.2 Å². The average Bonchev–Trinajstić information content (AvgIpc) is 2.47. The van der Waals surface area contributed by atoms with E-state index in [1.54, 1.807) is 4.90 Å². The van der Waals surface area contributed by atoms with Crippen molar-refractivity contribution in [1.82, 2.24) is 10.2 Å².